The van der Waals surface area contributed by atoms with Crippen molar-refractivity contribution in [3.8, 4) is 0 Å². The predicted molar refractivity (Wildman–Crippen MR) is 109 cm³/mol. The summed E-state index contributed by atoms with van der Waals surface area (Å²) in [6.07, 6.45) is 0.810. The van der Waals surface area contributed by atoms with E-state index in [2.05, 4.69) is 32.3 Å². The number of nitrogens with zero attached hydrogens (tertiary/aromatic N) is 5. The van der Waals surface area contributed by atoms with E-state index in [1.54, 1.807) is 0 Å². The second kappa shape index (κ2) is 10.1. The van der Waals surface area contributed by atoms with Gasteiger partial charge < -0.3 is 19.7 Å². The molecule has 1 aliphatic rings. The lowest BCUT2D eigenvalue weighted by Crippen LogP contribution is -2.46. The van der Waals surface area contributed by atoms with E-state index in [-0.39, 0.29) is 18.1 Å². The maximum atomic E-state index is 11.8. The minimum Gasteiger partial charge on any atom is -0.359 e. The van der Waals surface area contributed by atoms with Crippen LogP contribution >= 0.6 is 0 Å². The molecular weight excluding hydrogens is 376 g/mol. The lowest BCUT2D eigenvalue weighted by Gasteiger charge is -2.35. The van der Waals surface area contributed by atoms with Crippen molar-refractivity contribution in [1.29, 1.82) is 0 Å². The van der Waals surface area contributed by atoms with E-state index in [0.29, 0.717) is 18.9 Å². The molecule has 2 aromatic rings. The van der Waals surface area contributed by atoms with Crippen molar-refractivity contribution in [2.45, 2.75) is 12.8 Å². The number of hydrogen-bond donors (Lipinski definition) is 1. The number of aromatic nitrogens is 2. The van der Waals surface area contributed by atoms with Gasteiger partial charge in [0.2, 0.25) is 11.6 Å². The zero-order chi connectivity index (χ0) is 20.6. The lowest BCUT2D eigenvalue weighted by atomic mass is 10.2. The molecule has 0 radical (unpaired) electrons. The standard InChI is InChI=1S/C19H26N6O4/c1-28-16(29-2)12-20-18-17(25(26)27)19(22-14-21-18)24-10-8-23(9-11-24)13-15-6-4-3-5-7-15/h3-7,14,16H,8-13H2,1-2H3,(H,20,21,22). The summed E-state index contributed by atoms with van der Waals surface area (Å²) in [5.74, 6) is 0.490. The fourth-order valence-electron chi connectivity index (χ4n) is 3.30. The number of hydrogen-bond acceptors (Lipinski definition) is 9. The SMILES string of the molecule is COC(CNc1ncnc(N2CCN(Cc3ccccc3)CC2)c1[N+](=O)[O-])OC. The topological polar surface area (TPSA) is 106 Å². The van der Waals surface area contributed by atoms with E-state index in [9.17, 15) is 10.1 Å². The second-order valence-electron chi connectivity index (χ2n) is 6.68. The molecule has 29 heavy (non-hydrogen) atoms. The van der Waals surface area contributed by atoms with Crippen LogP contribution in [0.1, 0.15) is 5.56 Å². The molecule has 3 rings (SSSR count). The Morgan fingerprint density at radius 2 is 1.83 bits per heavy atom. The molecule has 10 heteroatoms. The van der Waals surface area contributed by atoms with Crippen LogP contribution in [0.15, 0.2) is 36.7 Å². The predicted octanol–water partition coefficient (Wildman–Crippen LogP) is 1.74. The molecule has 0 bridgehead atoms. The first-order chi connectivity index (χ1) is 14.1. The molecule has 0 spiro atoms. The van der Waals surface area contributed by atoms with Crippen molar-refractivity contribution in [2.24, 2.45) is 0 Å². The first-order valence-electron chi connectivity index (χ1n) is 9.42. The number of ether oxygens (including phenoxy) is 2. The maximum Gasteiger partial charge on any atom is 0.353 e. The second-order valence-corrected chi connectivity index (χ2v) is 6.68. The Balaban J connectivity index is 1.68. The van der Waals surface area contributed by atoms with Crippen molar-refractivity contribution < 1.29 is 14.4 Å². The number of methoxy groups -OCH3 is 2. The van der Waals surface area contributed by atoms with E-state index in [1.807, 2.05) is 23.1 Å². The molecule has 0 aliphatic carbocycles. The van der Waals surface area contributed by atoms with Gasteiger partial charge in [-0.2, -0.15) is 0 Å². The van der Waals surface area contributed by atoms with Crippen molar-refractivity contribution in [1.82, 2.24) is 14.9 Å². The first kappa shape index (κ1) is 20.9. The Morgan fingerprint density at radius 1 is 1.14 bits per heavy atom. The minimum atomic E-state index is -0.533. The third-order valence-electron chi connectivity index (χ3n) is 4.87. The van der Waals surface area contributed by atoms with E-state index in [4.69, 9.17) is 9.47 Å². The number of nitrogens with one attached hydrogen (secondary N) is 1. The van der Waals surface area contributed by atoms with Crippen LogP contribution in [0, 0.1) is 10.1 Å². The molecular formula is C19H26N6O4. The van der Waals surface area contributed by atoms with Gasteiger partial charge in [-0.25, -0.2) is 9.97 Å². The van der Waals surface area contributed by atoms with Crippen molar-refractivity contribution in [3.63, 3.8) is 0 Å². The summed E-state index contributed by atoms with van der Waals surface area (Å²) in [7, 11) is 3.01. The monoisotopic (exact) mass is 402 g/mol. The van der Waals surface area contributed by atoms with Crippen molar-refractivity contribution >= 4 is 17.3 Å². The molecule has 10 nitrogen and oxygen atoms in total. The normalized spacial score (nSPS) is 14.9. The zero-order valence-electron chi connectivity index (χ0n) is 16.7. The zero-order valence-corrected chi connectivity index (χ0v) is 16.7. The third kappa shape index (κ3) is 5.37. The van der Waals surface area contributed by atoms with Gasteiger partial charge in [-0.05, 0) is 5.56 Å². The van der Waals surface area contributed by atoms with Crippen LogP contribution in [-0.4, -0.2) is 73.0 Å². The molecule has 0 unspecified atom stereocenters. The van der Waals surface area contributed by atoms with Gasteiger partial charge in [0.15, 0.2) is 6.29 Å². The van der Waals surface area contributed by atoms with E-state index >= 15 is 0 Å². The lowest BCUT2D eigenvalue weighted by molar-refractivity contribution is -0.383. The van der Waals surface area contributed by atoms with E-state index in [0.717, 1.165) is 19.6 Å². The molecule has 0 amide bonds. The smallest absolute Gasteiger partial charge is 0.353 e. The Bertz CT molecular complexity index is 795. The summed E-state index contributed by atoms with van der Waals surface area (Å²) in [6, 6.07) is 10.3. The molecule has 0 atom stereocenters. The summed E-state index contributed by atoms with van der Waals surface area (Å²) in [5, 5.41) is 14.7. The molecule has 1 aliphatic heterocycles. The molecule has 1 saturated heterocycles. The Morgan fingerprint density at radius 3 is 2.45 bits per heavy atom. The molecule has 1 N–H and O–H groups in total. The van der Waals surface area contributed by atoms with Gasteiger partial charge in [0.05, 0.1) is 11.5 Å². The first-order valence-corrected chi connectivity index (χ1v) is 9.42. The number of benzene rings is 1. The highest BCUT2D eigenvalue weighted by molar-refractivity contribution is 5.70. The molecule has 1 aromatic carbocycles. The van der Waals surface area contributed by atoms with Gasteiger partial charge in [-0.1, -0.05) is 30.3 Å². The summed E-state index contributed by atoms with van der Waals surface area (Å²) in [5.41, 5.74) is 1.13. The molecule has 1 fully saturated rings. The fourth-order valence-corrected chi connectivity index (χ4v) is 3.30. The molecule has 2 heterocycles. The molecule has 156 valence electrons. The summed E-state index contributed by atoms with van der Waals surface area (Å²) < 4.78 is 10.2. The quantitative estimate of drug-likeness (QED) is 0.381. The number of rotatable bonds is 9. The van der Waals surface area contributed by atoms with Crippen LogP contribution in [0.25, 0.3) is 0 Å². The highest BCUT2D eigenvalue weighted by Crippen LogP contribution is 2.32. The average molecular weight is 402 g/mol. The third-order valence-corrected chi connectivity index (χ3v) is 4.87. The van der Waals surface area contributed by atoms with Crippen LogP contribution in [0.2, 0.25) is 0 Å². The molecule has 0 saturated carbocycles. The van der Waals surface area contributed by atoms with Crippen LogP contribution in [0.5, 0.6) is 0 Å². The maximum absolute atomic E-state index is 11.8. The summed E-state index contributed by atoms with van der Waals surface area (Å²) >= 11 is 0. The summed E-state index contributed by atoms with van der Waals surface area (Å²) in [4.78, 5) is 23.9. The van der Waals surface area contributed by atoms with Gasteiger partial charge in [0.1, 0.15) is 6.33 Å². The largest absolute Gasteiger partial charge is 0.359 e. The van der Waals surface area contributed by atoms with Crippen molar-refractivity contribution in [2.75, 3.05) is 57.2 Å². The van der Waals surface area contributed by atoms with Crippen LogP contribution in [-0.2, 0) is 16.0 Å². The Hall–Kier alpha value is -2.82. The van der Waals surface area contributed by atoms with E-state index in [1.165, 1.54) is 26.1 Å². The van der Waals surface area contributed by atoms with Gasteiger partial charge in [-0.15, -0.1) is 0 Å². The van der Waals surface area contributed by atoms with Crippen molar-refractivity contribution in [3.05, 3.63) is 52.3 Å². The van der Waals surface area contributed by atoms with Crippen LogP contribution in [0.4, 0.5) is 17.3 Å². The number of anilines is 2. The van der Waals surface area contributed by atoms with Gasteiger partial charge >= 0.3 is 5.69 Å². The highest BCUT2D eigenvalue weighted by Gasteiger charge is 2.29. The summed E-state index contributed by atoms with van der Waals surface area (Å²) in [6.45, 7) is 4.01. The van der Waals surface area contributed by atoms with Crippen LogP contribution < -0.4 is 10.2 Å². The Kier molecular flexibility index (Phi) is 7.28. The van der Waals surface area contributed by atoms with Gasteiger partial charge in [0.25, 0.3) is 0 Å². The minimum absolute atomic E-state index is 0.130. The molecule has 1 aromatic heterocycles. The average Bonchev–Trinajstić information content (AvgIpc) is 2.75. The fraction of sp³-hybridized carbons (Fsp3) is 0.474. The highest BCUT2D eigenvalue weighted by atomic mass is 16.7. The van der Waals surface area contributed by atoms with Gasteiger partial charge in [0, 0.05) is 46.9 Å². The van der Waals surface area contributed by atoms with Crippen LogP contribution in [0.3, 0.4) is 0 Å². The van der Waals surface area contributed by atoms with Gasteiger partial charge in [-0.3, -0.25) is 15.0 Å². The number of piperazine rings is 1. The van der Waals surface area contributed by atoms with E-state index < -0.39 is 11.2 Å². The Labute approximate surface area is 169 Å². The number of nitro groups is 1.